The predicted octanol–water partition coefficient (Wildman–Crippen LogP) is 0.639. The molecule has 0 saturated heterocycles. The van der Waals surface area contributed by atoms with Gasteiger partial charge < -0.3 is 11.2 Å². The van der Waals surface area contributed by atoms with Crippen molar-refractivity contribution in [3.63, 3.8) is 0 Å². The molecule has 0 spiro atoms. The topological polar surface area (TPSA) is 122 Å². The van der Waals surface area contributed by atoms with Gasteiger partial charge in [-0.25, -0.2) is 0 Å². The third kappa shape index (κ3) is 6.12. The van der Waals surface area contributed by atoms with E-state index >= 15 is 0 Å². The van der Waals surface area contributed by atoms with Crippen molar-refractivity contribution in [2.24, 2.45) is 17.4 Å². The maximum absolute atomic E-state index is 12.2. The van der Waals surface area contributed by atoms with Crippen molar-refractivity contribution in [3.8, 4) is 0 Å². The molecular weight excluding hydrogens is 273 g/mol. The van der Waals surface area contributed by atoms with Crippen LogP contribution in [0.3, 0.4) is 0 Å². The summed E-state index contributed by atoms with van der Waals surface area (Å²) in [5.41, 5.74) is 4.90. The highest BCUT2D eigenvalue weighted by molar-refractivity contribution is 6.31. The lowest BCUT2D eigenvalue weighted by molar-refractivity contribution is -0.137. The predicted molar refractivity (Wildman–Crippen MR) is 63.6 cm³/mol. The number of alkyl halides is 3. The molecule has 1 rings (SSSR count). The van der Waals surface area contributed by atoms with E-state index in [0.29, 0.717) is 25.1 Å². The standard InChI is InChI=1S/C9H10ClF3N2.H4N2.H2O/c10-7-4-6(9(11,12)13)5-15-8(7)2-1-3-14;1-2;/h4-5H,1-3,14H2;1-2H2;1H2. The molecule has 8 N–H and O–H groups in total. The smallest absolute Gasteiger partial charge is 0.412 e. The summed E-state index contributed by atoms with van der Waals surface area (Å²) in [6.07, 6.45) is -2.47. The van der Waals surface area contributed by atoms with Gasteiger partial charge in [-0.2, -0.15) is 13.2 Å². The molecular formula is C9H16ClF3N4O. The van der Waals surface area contributed by atoms with Crippen LogP contribution >= 0.6 is 11.6 Å². The number of nitrogens with zero attached hydrogens (tertiary/aromatic N) is 1. The summed E-state index contributed by atoms with van der Waals surface area (Å²) in [4.78, 5) is 3.67. The third-order valence-corrected chi connectivity index (χ3v) is 2.19. The second-order valence-electron chi connectivity index (χ2n) is 3.04. The molecule has 5 nitrogen and oxygen atoms in total. The van der Waals surface area contributed by atoms with Crippen LogP contribution in [-0.4, -0.2) is 17.0 Å². The highest BCUT2D eigenvalue weighted by Crippen LogP contribution is 2.31. The average Bonchev–Trinajstić information content (AvgIpc) is 2.29. The number of rotatable bonds is 3. The number of hydrogen-bond acceptors (Lipinski definition) is 4. The lowest BCUT2D eigenvalue weighted by Gasteiger charge is -2.08. The molecule has 1 aromatic heterocycles. The minimum Gasteiger partial charge on any atom is -0.412 e. The molecule has 0 amide bonds. The zero-order valence-electron chi connectivity index (χ0n) is 9.47. The lowest BCUT2D eigenvalue weighted by Crippen LogP contribution is -2.07. The van der Waals surface area contributed by atoms with Crippen LogP contribution in [0, 0.1) is 0 Å². The van der Waals surface area contributed by atoms with Gasteiger partial charge in [-0.05, 0) is 25.5 Å². The van der Waals surface area contributed by atoms with Gasteiger partial charge in [-0.15, -0.1) is 0 Å². The zero-order valence-corrected chi connectivity index (χ0v) is 10.2. The van der Waals surface area contributed by atoms with Crippen molar-refractivity contribution in [2.75, 3.05) is 6.54 Å². The van der Waals surface area contributed by atoms with E-state index in [4.69, 9.17) is 17.3 Å². The summed E-state index contributed by atoms with van der Waals surface area (Å²) in [5.74, 6) is 8.00. The van der Waals surface area contributed by atoms with Crippen molar-refractivity contribution in [2.45, 2.75) is 19.0 Å². The SMILES string of the molecule is NCCCc1ncc(C(F)(F)F)cc1Cl.NN.O. The summed E-state index contributed by atoms with van der Waals surface area (Å²) in [6.45, 7) is 0.457. The molecule has 0 aromatic carbocycles. The van der Waals surface area contributed by atoms with Gasteiger partial charge in [0.05, 0.1) is 16.3 Å². The Morgan fingerprint density at radius 2 is 1.83 bits per heavy atom. The number of nitrogens with two attached hydrogens (primary N) is 3. The van der Waals surface area contributed by atoms with E-state index in [9.17, 15) is 13.2 Å². The number of pyridine rings is 1. The molecule has 0 bridgehead atoms. The lowest BCUT2D eigenvalue weighted by atomic mass is 10.2. The van der Waals surface area contributed by atoms with Crippen LogP contribution in [0.25, 0.3) is 0 Å². The number of halogens is 4. The Hall–Kier alpha value is -0.930. The molecule has 0 atom stereocenters. The van der Waals surface area contributed by atoms with E-state index in [1.807, 2.05) is 0 Å². The Bertz CT molecular complexity index is 349. The molecule has 0 aliphatic rings. The van der Waals surface area contributed by atoms with E-state index in [1.165, 1.54) is 0 Å². The summed E-state index contributed by atoms with van der Waals surface area (Å²) < 4.78 is 36.7. The number of aryl methyl sites for hydroxylation is 1. The Labute approximate surface area is 107 Å². The molecule has 0 saturated carbocycles. The molecule has 1 aromatic rings. The van der Waals surface area contributed by atoms with Gasteiger partial charge >= 0.3 is 6.18 Å². The van der Waals surface area contributed by atoms with Crippen LogP contribution in [0.1, 0.15) is 17.7 Å². The molecule has 0 fully saturated rings. The van der Waals surface area contributed by atoms with E-state index < -0.39 is 11.7 Å². The Morgan fingerprint density at radius 3 is 2.22 bits per heavy atom. The van der Waals surface area contributed by atoms with E-state index in [2.05, 4.69) is 16.7 Å². The molecule has 9 heteroatoms. The molecule has 18 heavy (non-hydrogen) atoms. The van der Waals surface area contributed by atoms with Crippen molar-refractivity contribution in [1.29, 1.82) is 0 Å². The fraction of sp³-hybridized carbons (Fsp3) is 0.444. The van der Waals surface area contributed by atoms with Crippen LogP contribution in [0.15, 0.2) is 12.3 Å². The molecule has 0 radical (unpaired) electrons. The molecule has 1 heterocycles. The summed E-state index contributed by atoms with van der Waals surface area (Å²) in [7, 11) is 0. The van der Waals surface area contributed by atoms with Gasteiger partial charge in [0.15, 0.2) is 0 Å². The van der Waals surface area contributed by atoms with Gasteiger partial charge in [-0.3, -0.25) is 16.7 Å². The molecule has 106 valence electrons. The monoisotopic (exact) mass is 288 g/mol. The Kier molecular flexibility index (Phi) is 9.77. The largest absolute Gasteiger partial charge is 0.417 e. The zero-order chi connectivity index (χ0) is 13.5. The summed E-state index contributed by atoms with van der Waals surface area (Å²) >= 11 is 5.67. The number of aromatic nitrogens is 1. The van der Waals surface area contributed by atoms with Gasteiger partial charge in [0.1, 0.15) is 0 Å². The van der Waals surface area contributed by atoms with Crippen LogP contribution in [-0.2, 0) is 12.6 Å². The molecule has 0 unspecified atom stereocenters. The van der Waals surface area contributed by atoms with Gasteiger partial charge in [0, 0.05) is 6.20 Å². The quantitative estimate of drug-likeness (QED) is 0.558. The first-order chi connectivity index (χ1) is 7.95. The second-order valence-corrected chi connectivity index (χ2v) is 3.45. The first-order valence-corrected chi connectivity index (χ1v) is 5.08. The highest BCUT2D eigenvalue weighted by Gasteiger charge is 2.31. The maximum Gasteiger partial charge on any atom is 0.417 e. The van der Waals surface area contributed by atoms with Crippen molar-refractivity contribution >= 4 is 11.6 Å². The maximum atomic E-state index is 12.2. The fourth-order valence-electron chi connectivity index (χ4n) is 1.07. The third-order valence-electron chi connectivity index (χ3n) is 1.86. The summed E-state index contributed by atoms with van der Waals surface area (Å²) in [5, 5.41) is 0.0401. The Morgan fingerprint density at radius 1 is 1.28 bits per heavy atom. The van der Waals surface area contributed by atoms with Crippen LogP contribution in [0.2, 0.25) is 5.02 Å². The van der Waals surface area contributed by atoms with Crippen LogP contribution < -0.4 is 17.4 Å². The average molecular weight is 289 g/mol. The minimum absolute atomic E-state index is 0. The normalized spacial score (nSPS) is 10.2. The minimum atomic E-state index is -4.40. The number of hydrogen-bond donors (Lipinski definition) is 3. The van der Waals surface area contributed by atoms with Crippen molar-refractivity contribution in [1.82, 2.24) is 4.98 Å². The molecule has 0 aliphatic heterocycles. The fourth-order valence-corrected chi connectivity index (χ4v) is 1.34. The Balaban J connectivity index is 0. The first-order valence-electron chi connectivity index (χ1n) is 4.70. The van der Waals surface area contributed by atoms with E-state index in [0.717, 1.165) is 12.3 Å². The van der Waals surface area contributed by atoms with E-state index in [-0.39, 0.29) is 10.5 Å². The van der Waals surface area contributed by atoms with Crippen molar-refractivity contribution < 1.29 is 18.6 Å². The molecule has 0 aliphatic carbocycles. The highest BCUT2D eigenvalue weighted by atomic mass is 35.5. The van der Waals surface area contributed by atoms with Gasteiger partial charge in [-0.1, -0.05) is 11.6 Å². The van der Waals surface area contributed by atoms with Crippen LogP contribution in [0.4, 0.5) is 13.2 Å². The van der Waals surface area contributed by atoms with Crippen LogP contribution in [0.5, 0.6) is 0 Å². The second kappa shape index (κ2) is 9.06. The summed E-state index contributed by atoms with van der Waals surface area (Å²) in [6, 6.07) is 0.889. The van der Waals surface area contributed by atoms with Crippen molar-refractivity contribution in [3.05, 3.63) is 28.5 Å². The first kappa shape index (κ1) is 19.4. The van der Waals surface area contributed by atoms with Gasteiger partial charge in [0.25, 0.3) is 0 Å². The number of hydrazine groups is 1. The van der Waals surface area contributed by atoms with Gasteiger partial charge in [0.2, 0.25) is 0 Å². The van der Waals surface area contributed by atoms with E-state index in [1.54, 1.807) is 0 Å².